The van der Waals surface area contributed by atoms with Crippen molar-refractivity contribution in [1.82, 2.24) is 4.90 Å². The van der Waals surface area contributed by atoms with E-state index in [1.807, 2.05) is 24.3 Å². The maximum atomic E-state index is 11.5. The summed E-state index contributed by atoms with van der Waals surface area (Å²) in [4.78, 5) is 23.9. The van der Waals surface area contributed by atoms with Gasteiger partial charge in [-0.3, -0.25) is 9.59 Å². The summed E-state index contributed by atoms with van der Waals surface area (Å²) < 4.78 is 0. The third-order valence-electron chi connectivity index (χ3n) is 3.29. The van der Waals surface area contributed by atoms with E-state index in [2.05, 4.69) is 5.32 Å². The van der Waals surface area contributed by atoms with Crippen LogP contribution in [0.15, 0.2) is 24.3 Å². The fourth-order valence-corrected chi connectivity index (χ4v) is 1.96. The number of aryl methyl sites for hydroxylation is 1. The molecule has 1 aromatic carbocycles. The molecule has 1 aromatic rings. The van der Waals surface area contributed by atoms with Gasteiger partial charge in [0.1, 0.15) is 6.04 Å². The molecular formula is C16H24N2O3. The molecule has 0 bridgehead atoms. The second-order valence-corrected chi connectivity index (χ2v) is 5.40. The third kappa shape index (κ3) is 6.29. The van der Waals surface area contributed by atoms with Gasteiger partial charge in [-0.15, -0.1) is 0 Å². The lowest BCUT2D eigenvalue weighted by atomic mass is 10.1. The zero-order chi connectivity index (χ0) is 15.8. The number of nitrogens with zero attached hydrogens (tertiary/aromatic N) is 1. The molecule has 0 saturated heterocycles. The minimum absolute atomic E-state index is 0.153. The molecule has 5 nitrogen and oxygen atoms in total. The molecule has 0 fully saturated rings. The number of carbonyl (C=O) groups excluding carboxylic acids is 1. The van der Waals surface area contributed by atoms with Gasteiger partial charge < -0.3 is 15.3 Å². The molecule has 0 saturated carbocycles. The van der Waals surface area contributed by atoms with E-state index < -0.39 is 12.0 Å². The highest BCUT2D eigenvalue weighted by molar-refractivity contribution is 5.76. The van der Waals surface area contributed by atoms with E-state index in [1.54, 1.807) is 25.9 Å². The lowest BCUT2D eigenvalue weighted by Gasteiger charge is -2.12. The van der Waals surface area contributed by atoms with Crippen LogP contribution in [0, 0.1) is 0 Å². The highest BCUT2D eigenvalue weighted by Gasteiger charge is 2.10. The van der Waals surface area contributed by atoms with Crippen LogP contribution in [0.5, 0.6) is 0 Å². The van der Waals surface area contributed by atoms with Crippen molar-refractivity contribution in [1.29, 1.82) is 0 Å². The zero-order valence-electron chi connectivity index (χ0n) is 12.9. The third-order valence-corrected chi connectivity index (χ3v) is 3.29. The number of hydrogen-bond acceptors (Lipinski definition) is 3. The smallest absolute Gasteiger partial charge is 0.325 e. The minimum Gasteiger partial charge on any atom is -0.480 e. The first-order valence-electron chi connectivity index (χ1n) is 7.18. The molecule has 0 heterocycles. The Bertz CT molecular complexity index is 486. The topological polar surface area (TPSA) is 69.6 Å². The summed E-state index contributed by atoms with van der Waals surface area (Å²) in [6, 6.07) is 7.14. The fourth-order valence-electron chi connectivity index (χ4n) is 1.96. The molecule has 5 heteroatoms. The van der Waals surface area contributed by atoms with E-state index in [0.29, 0.717) is 6.42 Å². The van der Waals surface area contributed by atoms with Gasteiger partial charge in [-0.25, -0.2) is 0 Å². The van der Waals surface area contributed by atoms with Crippen molar-refractivity contribution >= 4 is 17.6 Å². The van der Waals surface area contributed by atoms with Crippen LogP contribution in [-0.2, 0) is 16.0 Å². The van der Waals surface area contributed by atoms with Crippen LogP contribution in [0.25, 0.3) is 0 Å². The number of carbonyl (C=O) groups is 2. The van der Waals surface area contributed by atoms with Crippen molar-refractivity contribution in [2.24, 2.45) is 0 Å². The summed E-state index contributed by atoms with van der Waals surface area (Å²) in [5, 5.41) is 11.8. The first-order chi connectivity index (χ1) is 9.90. The van der Waals surface area contributed by atoms with Gasteiger partial charge in [-0.05, 0) is 43.9 Å². The second kappa shape index (κ2) is 8.29. The maximum absolute atomic E-state index is 11.5. The Hall–Kier alpha value is -2.04. The van der Waals surface area contributed by atoms with Crippen molar-refractivity contribution in [3.8, 4) is 0 Å². The average Bonchev–Trinajstić information content (AvgIpc) is 2.43. The molecule has 2 N–H and O–H groups in total. The molecule has 1 rings (SSSR count). The Labute approximate surface area is 126 Å². The van der Waals surface area contributed by atoms with Crippen molar-refractivity contribution in [3.63, 3.8) is 0 Å². The molecule has 1 amide bonds. The van der Waals surface area contributed by atoms with E-state index in [1.165, 1.54) is 0 Å². The van der Waals surface area contributed by atoms with Gasteiger partial charge in [0.15, 0.2) is 0 Å². The summed E-state index contributed by atoms with van der Waals surface area (Å²) in [6.45, 7) is 1.61. The highest BCUT2D eigenvalue weighted by Crippen LogP contribution is 2.14. The molecule has 0 aliphatic carbocycles. The number of nitrogens with one attached hydrogen (secondary N) is 1. The van der Waals surface area contributed by atoms with E-state index in [4.69, 9.17) is 5.11 Å². The van der Waals surface area contributed by atoms with E-state index >= 15 is 0 Å². The average molecular weight is 292 g/mol. The van der Waals surface area contributed by atoms with Crippen LogP contribution in [0.3, 0.4) is 0 Å². The number of hydrogen-bond donors (Lipinski definition) is 2. The maximum Gasteiger partial charge on any atom is 0.325 e. The number of benzene rings is 1. The van der Waals surface area contributed by atoms with Gasteiger partial charge in [0.2, 0.25) is 5.91 Å². The Morgan fingerprint density at radius 3 is 2.62 bits per heavy atom. The molecule has 0 aliphatic rings. The van der Waals surface area contributed by atoms with Crippen LogP contribution in [0.2, 0.25) is 0 Å². The van der Waals surface area contributed by atoms with Crippen LogP contribution >= 0.6 is 0 Å². The Morgan fingerprint density at radius 2 is 2.00 bits per heavy atom. The van der Waals surface area contributed by atoms with Crippen LogP contribution in [0.4, 0.5) is 5.69 Å². The van der Waals surface area contributed by atoms with Crippen molar-refractivity contribution in [3.05, 3.63) is 29.8 Å². The van der Waals surface area contributed by atoms with E-state index in [9.17, 15) is 9.59 Å². The number of aliphatic carboxylic acids is 1. The Balaban J connectivity index is 2.42. The molecular weight excluding hydrogens is 268 g/mol. The standard InChI is InChI=1S/C16H24N2O3/c1-12(16(20)21)17-14-9-6-8-13(11-14)7-4-5-10-15(19)18(2)3/h6,8-9,11-12,17H,4-5,7,10H2,1-3H3,(H,20,21)/t12-/m1/s1. The van der Waals surface area contributed by atoms with Gasteiger partial charge in [0.25, 0.3) is 0 Å². The zero-order valence-corrected chi connectivity index (χ0v) is 12.9. The number of anilines is 1. The lowest BCUT2D eigenvalue weighted by Crippen LogP contribution is -2.25. The van der Waals surface area contributed by atoms with Crippen LogP contribution < -0.4 is 5.32 Å². The largest absolute Gasteiger partial charge is 0.480 e. The molecule has 1 atom stereocenters. The van der Waals surface area contributed by atoms with Gasteiger partial charge in [-0.1, -0.05) is 12.1 Å². The summed E-state index contributed by atoms with van der Waals surface area (Å²) in [5.41, 5.74) is 1.96. The molecule has 0 spiro atoms. The summed E-state index contributed by atoms with van der Waals surface area (Å²) in [5.74, 6) is -0.719. The van der Waals surface area contributed by atoms with Crippen molar-refractivity contribution in [2.45, 2.75) is 38.6 Å². The van der Waals surface area contributed by atoms with Crippen molar-refractivity contribution < 1.29 is 14.7 Å². The first kappa shape index (κ1) is 17.0. The summed E-state index contributed by atoms with van der Waals surface area (Å²) in [6.07, 6.45) is 3.26. The molecule has 0 unspecified atom stereocenters. The number of amides is 1. The molecule has 0 radical (unpaired) electrons. The predicted molar refractivity (Wildman–Crippen MR) is 83.4 cm³/mol. The van der Waals surface area contributed by atoms with E-state index in [-0.39, 0.29) is 5.91 Å². The normalized spacial score (nSPS) is 11.8. The van der Waals surface area contributed by atoms with E-state index in [0.717, 1.165) is 30.5 Å². The van der Waals surface area contributed by atoms with Crippen LogP contribution in [0.1, 0.15) is 31.7 Å². The molecule has 0 aromatic heterocycles. The van der Waals surface area contributed by atoms with Gasteiger partial charge in [0.05, 0.1) is 0 Å². The number of rotatable bonds is 8. The number of carboxylic acids is 1. The Morgan fingerprint density at radius 1 is 1.29 bits per heavy atom. The minimum atomic E-state index is -0.873. The second-order valence-electron chi connectivity index (χ2n) is 5.40. The SMILES string of the molecule is C[C@@H](Nc1cccc(CCCCC(=O)N(C)C)c1)C(=O)O. The highest BCUT2D eigenvalue weighted by atomic mass is 16.4. The van der Waals surface area contributed by atoms with Crippen LogP contribution in [-0.4, -0.2) is 42.0 Å². The molecule has 21 heavy (non-hydrogen) atoms. The molecule has 0 aliphatic heterocycles. The fraction of sp³-hybridized carbons (Fsp3) is 0.500. The van der Waals surface area contributed by atoms with Gasteiger partial charge in [0, 0.05) is 26.2 Å². The lowest BCUT2D eigenvalue weighted by molar-refractivity contribution is -0.137. The monoisotopic (exact) mass is 292 g/mol. The number of carboxylic acid groups (broad SMARTS) is 1. The Kier molecular flexibility index (Phi) is 6.72. The van der Waals surface area contributed by atoms with Crippen molar-refractivity contribution in [2.75, 3.05) is 19.4 Å². The van der Waals surface area contributed by atoms with Gasteiger partial charge in [-0.2, -0.15) is 0 Å². The molecule has 116 valence electrons. The predicted octanol–water partition coefficient (Wildman–Crippen LogP) is 2.37. The van der Waals surface area contributed by atoms with Gasteiger partial charge >= 0.3 is 5.97 Å². The summed E-state index contributed by atoms with van der Waals surface area (Å²) in [7, 11) is 3.53. The quantitative estimate of drug-likeness (QED) is 0.722. The first-order valence-corrected chi connectivity index (χ1v) is 7.18. The number of unbranched alkanes of at least 4 members (excludes halogenated alkanes) is 1. The summed E-state index contributed by atoms with van der Waals surface area (Å²) >= 11 is 0.